The van der Waals surface area contributed by atoms with Crippen molar-refractivity contribution >= 4 is 29.1 Å². The van der Waals surface area contributed by atoms with Crippen LogP contribution >= 0.6 is 0 Å². The summed E-state index contributed by atoms with van der Waals surface area (Å²) in [6, 6.07) is 6.77. The van der Waals surface area contributed by atoms with Gasteiger partial charge >= 0.3 is 6.03 Å². The van der Waals surface area contributed by atoms with E-state index >= 15 is 0 Å². The Morgan fingerprint density at radius 1 is 1.12 bits per heavy atom. The molecule has 12 nitrogen and oxygen atoms in total. The van der Waals surface area contributed by atoms with Gasteiger partial charge in [0.25, 0.3) is 5.91 Å². The summed E-state index contributed by atoms with van der Waals surface area (Å²) >= 11 is 0. The standard InChI is InChI=1S/C21H25N9O3/c1-22-20(31)17-15(11-16(26-27-17)25-21(32)30-9-4-5-10-30)24-14-8-6-7-13(18(14)33-3)19-23-12-29(2)28-19/h6-8,11-12H,4-5,9-10H2,1-3H3,(H,22,31)(H2,24,25,26,32). The quantitative estimate of drug-likeness (QED) is 0.517. The van der Waals surface area contributed by atoms with Gasteiger partial charge < -0.3 is 20.3 Å². The van der Waals surface area contributed by atoms with Gasteiger partial charge in [0.1, 0.15) is 6.33 Å². The van der Waals surface area contributed by atoms with Gasteiger partial charge in [-0.1, -0.05) is 6.07 Å². The Morgan fingerprint density at radius 3 is 2.58 bits per heavy atom. The van der Waals surface area contributed by atoms with Crippen molar-refractivity contribution in [3.8, 4) is 17.1 Å². The van der Waals surface area contributed by atoms with Crippen molar-refractivity contribution in [1.29, 1.82) is 0 Å². The van der Waals surface area contributed by atoms with Crippen molar-refractivity contribution in [2.75, 3.05) is 37.9 Å². The number of ether oxygens (including phenoxy) is 1. The lowest BCUT2D eigenvalue weighted by Crippen LogP contribution is -2.32. The minimum atomic E-state index is -0.427. The number of carbonyl (C=O) groups excluding carboxylic acids is 2. The number of carbonyl (C=O) groups is 2. The monoisotopic (exact) mass is 451 g/mol. The number of hydrogen-bond acceptors (Lipinski definition) is 8. The van der Waals surface area contributed by atoms with E-state index < -0.39 is 5.91 Å². The normalized spacial score (nSPS) is 13.0. The first-order valence-corrected chi connectivity index (χ1v) is 10.5. The lowest BCUT2D eigenvalue weighted by atomic mass is 10.1. The minimum absolute atomic E-state index is 0.0695. The molecule has 2 aromatic heterocycles. The second kappa shape index (κ2) is 9.51. The van der Waals surface area contributed by atoms with Crippen molar-refractivity contribution in [2.24, 2.45) is 7.05 Å². The third-order valence-electron chi connectivity index (χ3n) is 5.19. The lowest BCUT2D eigenvalue weighted by molar-refractivity contribution is 0.0958. The third-order valence-corrected chi connectivity index (χ3v) is 5.19. The molecule has 1 fully saturated rings. The van der Waals surface area contributed by atoms with Crippen LogP contribution in [0.1, 0.15) is 23.3 Å². The molecule has 1 aliphatic heterocycles. The first-order valence-electron chi connectivity index (χ1n) is 10.5. The number of nitrogens with one attached hydrogen (secondary N) is 3. The number of aryl methyl sites for hydroxylation is 1. The van der Waals surface area contributed by atoms with Gasteiger partial charge in [-0.25, -0.2) is 9.78 Å². The Kier molecular flexibility index (Phi) is 6.33. The lowest BCUT2D eigenvalue weighted by Gasteiger charge is -2.18. The van der Waals surface area contributed by atoms with Crippen LogP contribution in [0.5, 0.6) is 5.75 Å². The van der Waals surface area contributed by atoms with Crippen molar-refractivity contribution in [3.63, 3.8) is 0 Å². The van der Waals surface area contributed by atoms with Crippen molar-refractivity contribution in [3.05, 3.63) is 36.3 Å². The zero-order valence-corrected chi connectivity index (χ0v) is 18.6. The van der Waals surface area contributed by atoms with E-state index in [9.17, 15) is 9.59 Å². The van der Waals surface area contributed by atoms with E-state index in [-0.39, 0.29) is 17.5 Å². The molecule has 1 aromatic carbocycles. The molecule has 4 rings (SSSR count). The third kappa shape index (κ3) is 4.68. The number of rotatable bonds is 6. The van der Waals surface area contributed by atoms with E-state index in [0.717, 1.165) is 12.8 Å². The summed E-state index contributed by atoms with van der Waals surface area (Å²) in [5.41, 5.74) is 1.66. The molecule has 0 atom stereocenters. The SMILES string of the molecule is CNC(=O)c1nnc(NC(=O)N2CCCC2)cc1Nc1cccc(-c2ncn(C)n2)c1OC. The maximum absolute atomic E-state index is 12.5. The Balaban J connectivity index is 1.68. The second-order valence-electron chi connectivity index (χ2n) is 7.45. The number of methoxy groups -OCH3 is 1. The number of benzene rings is 1. The summed E-state index contributed by atoms with van der Waals surface area (Å²) in [6.07, 6.45) is 3.55. The minimum Gasteiger partial charge on any atom is -0.494 e. The van der Waals surface area contributed by atoms with E-state index in [2.05, 4.69) is 36.2 Å². The molecule has 0 saturated carbocycles. The van der Waals surface area contributed by atoms with Gasteiger partial charge in [-0.15, -0.1) is 10.2 Å². The molecule has 0 radical (unpaired) electrons. The van der Waals surface area contributed by atoms with E-state index in [0.29, 0.717) is 41.6 Å². The zero-order valence-electron chi connectivity index (χ0n) is 18.6. The van der Waals surface area contributed by atoms with Crippen LogP contribution in [0.4, 0.5) is 22.0 Å². The van der Waals surface area contributed by atoms with Crippen LogP contribution in [0, 0.1) is 0 Å². The van der Waals surface area contributed by atoms with Crippen LogP contribution in [0.2, 0.25) is 0 Å². The zero-order chi connectivity index (χ0) is 23.4. The van der Waals surface area contributed by atoms with Crippen LogP contribution in [0.25, 0.3) is 11.4 Å². The summed E-state index contributed by atoms with van der Waals surface area (Å²) in [5, 5.41) is 20.9. The summed E-state index contributed by atoms with van der Waals surface area (Å²) in [5.74, 6) is 0.787. The molecule has 33 heavy (non-hydrogen) atoms. The molecule has 0 unspecified atom stereocenters. The van der Waals surface area contributed by atoms with Gasteiger partial charge in [0.2, 0.25) is 0 Å². The number of hydrogen-bond donors (Lipinski definition) is 3. The average molecular weight is 451 g/mol. The van der Waals surface area contributed by atoms with Gasteiger partial charge in [0.05, 0.1) is 24.0 Å². The van der Waals surface area contributed by atoms with Gasteiger partial charge in [-0.2, -0.15) is 5.10 Å². The van der Waals surface area contributed by atoms with Crippen LogP contribution < -0.4 is 20.7 Å². The predicted octanol–water partition coefficient (Wildman–Crippen LogP) is 2.01. The van der Waals surface area contributed by atoms with E-state index in [1.165, 1.54) is 7.05 Å². The molecule has 1 aliphatic rings. The number of anilines is 3. The summed E-state index contributed by atoms with van der Waals surface area (Å²) < 4.78 is 7.23. The molecule has 3 heterocycles. The fourth-order valence-corrected chi connectivity index (χ4v) is 3.58. The van der Waals surface area contributed by atoms with Crippen LogP contribution in [0.3, 0.4) is 0 Å². The van der Waals surface area contributed by atoms with Gasteiger partial charge in [-0.05, 0) is 25.0 Å². The van der Waals surface area contributed by atoms with Gasteiger partial charge in [0.15, 0.2) is 23.1 Å². The average Bonchev–Trinajstić information content (AvgIpc) is 3.51. The van der Waals surface area contributed by atoms with Crippen molar-refractivity contribution < 1.29 is 14.3 Å². The van der Waals surface area contributed by atoms with Crippen LogP contribution in [-0.4, -0.2) is 69.0 Å². The van der Waals surface area contributed by atoms with Gasteiger partial charge in [-0.3, -0.25) is 14.8 Å². The molecule has 172 valence electrons. The van der Waals surface area contributed by atoms with E-state index in [4.69, 9.17) is 4.74 Å². The number of likely N-dealkylation sites (tertiary alicyclic amines) is 1. The Morgan fingerprint density at radius 2 is 1.91 bits per heavy atom. The fourth-order valence-electron chi connectivity index (χ4n) is 3.58. The fraction of sp³-hybridized carbons (Fsp3) is 0.333. The highest BCUT2D eigenvalue weighted by atomic mass is 16.5. The molecule has 3 N–H and O–H groups in total. The molecule has 0 spiro atoms. The molecule has 3 amide bonds. The molecule has 0 bridgehead atoms. The van der Waals surface area contributed by atoms with E-state index in [1.54, 1.807) is 42.2 Å². The number of nitrogens with zero attached hydrogens (tertiary/aromatic N) is 6. The molecular weight excluding hydrogens is 426 g/mol. The predicted molar refractivity (Wildman–Crippen MR) is 122 cm³/mol. The highest BCUT2D eigenvalue weighted by Crippen LogP contribution is 2.37. The number of amides is 3. The van der Waals surface area contributed by atoms with Crippen molar-refractivity contribution in [1.82, 2.24) is 35.2 Å². The summed E-state index contributed by atoms with van der Waals surface area (Å²) in [7, 11) is 4.82. The molecule has 1 saturated heterocycles. The van der Waals surface area contributed by atoms with E-state index in [1.807, 2.05) is 12.1 Å². The first-order chi connectivity index (χ1) is 16.0. The highest BCUT2D eigenvalue weighted by molar-refractivity contribution is 5.99. The maximum atomic E-state index is 12.5. The van der Waals surface area contributed by atoms with Gasteiger partial charge in [0, 0.05) is 33.3 Å². The molecule has 12 heteroatoms. The first kappa shape index (κ1) is 22.0. The van der Waals surface area contributed by atoms with Crippen molar-refractivity contribution in [2.45, 2.75) is 12.8 Å². The highest BCUT2D eigenvalue weighted by Gasteiger charge is 2.21. The summed E-state index contributed by atoms with van der Waals surface area (Å²) in [6.45, 7) is 1.40. The number of para-hydroxylation sites is 1. The molecule has 3 aromatic rings. The Labute approximate surface area is 190 Å². The molecule has 0 aliphatic carbocycles. The maximum Gasteiger partial charge on any atom is 0.323 e. The second-order valence-corrected chi connectivity index (χ2v) is 7.45. The smallest absolute Gasteiger partial charge is 0.323 e. The van der Waals surface area contributed by atoms with Crippen LogP contribution in [0.15, 0.2) is 30.6 Å². The molecular formula is C21H25N9O3. The summed E-state index contributed by atoms with van der Waals surface area (Å²) in [4.78, 5) is 30.9. The Hall–Kier alpha value is -4.22. The number of urea groups is 1. The largest absolute Gasteiger partial charge is 0.494 e. The number of aromatic nitrogens is 5. The van der Waals surface area contributed by atoms with Crippen LogP contribution in [-0.2, 0) is 7.05 Å². The topological polar surface area (TPSA) is 139 Å². The Bertz CT molecular complexity index is 1170.